The molecule has 78 valence electrons. The predicted octanol–water partition coefficient (Wildman–Crippen LogP) is 3.03. The molecule has 3 heteroatoms. The normalized spacial score (nSPS) is 15.8. The summed E-state index contributed by atoms with van der Waals surface area (Å²) in [4.78, 5) is 13.2. The molecule has 1 heterocycles. The highest BCUT2D eigenvalue weighted by Crippen LogP contribution is 2.29. The molecule has 1 aromatic carbocycles. The smallest absolute Gasteiger partial charge is 0.153 e. The van der Waals surface area contributed by atoms with Crippen LogP contribution < -0.4 is 4.90 Å². The third-order valence-corrected chi connectivity index (χ3v) is 3.33. The average molecular weight is 266 g/mol. The van der Waals surface area contributed by atoms with Gasteiger partial charge >= 0.3 is 0 Å². The largest absolute Gasteiger partial charge is 0.367 e. The molecule has 0 aliphatic carbocycles. The predicted molar refractivity (Wildman–Crippen MR) is 65.5 cm³/mol. The summed E-state index contributed by atoms with van der Waals surface area (Å²) in [5.41, 5.74) is 2.96. The second kappa shape index (κ2) is 4.19. The Morgan fingerprint density at radius 1 is 1.47 bits per heavy atom. The van der Waals surface area contributed by atoms with Crippen LogP contribution in [0, 0.1) is 0 Å². The van der Waals surface area contributed by atoms with Gasteiger partial charge in [0.05, 0.1) is 5.56 Å². The molecule has 0 amide bonds. The first kappa shape index (κ1) is 10.4. The quantitative estimate of drug-likeness (QED) is 0.605. The number of carbonyl (C=O) groups excluding carboxylic acids is 1. The standard InChI is InChI=1S/C12H12BrNO/c1-9-5-6-14(7-9)12-4-2-3-11(13)10(12)8-15/h2-4,8H,1,5-7H2. The fraction of sp³-hybridized carbons (Fsp3) is 0.250. The van der Waals surface area contributed by atoms with Crippen molar-refractivity contribution in [3.8, 4) is 0 Å². The first-order valence-corrected chi connectivity index (χ1v) is 5.67. The van der Waals surface area contributed by atoms with Crippen molar-refractivity contribution in [1.82, 2.24) is 0 Å². The topological polar surface area (TPSA) is 20.3 Å². The zero-order chi connectivity index (χ0) is 10.8. The molecule has 0 radical (unpaired) electrons. The highest BCUT2D eigenvalue weighted by molar-refractivity contribution is 9.10. The van der Waals surface area contributed by atoms with Gasteiger partial charge in [0.2, 0.25) is 0 Å². The Balaban J connectivity index is 2.39. The zero-order valence-corrected chi connectivity index (χ0v) is 9.96. The molecular weight excluding hydrogens is 254 g/mol. The van der Waals surface area contributed by atoms with Crippen molar-refractivity contribution in [3.05, 3.63) is 40.4 Å². The highest BCUT2D eigenvalue weighted by Gasteiger charge is 2.18. The lowest BCUT2D eigenvalue weighted by atomic mass is 10.2. The van der Waals surface area contributed by atoms with E-state index in [2.05, 4.69) is 27.4 Å². The summed E-state index contributed by atoms with van der Waals surface area (Å²) in [7, 11) is 0. The summed E-state index contributed by atoms with van der Waals surface area (Å²) in [5.74, 6) is 0. The van der Waals surface area contributed by atoms with Crippen molar-refractivity contribution in [3.63, 3.8) is 0 Å². The van der Waals surface area contributed by atoms with E-state index in [0.717, 1.165) is 41.5 Å². The molecule has 1 fully saturated rings. The number of hydrogen-bond donors (Lipinski definition) is 0. The van der Waals surface area contributed by atoms with Gasteiger partial charge < -0.3 is 4.90 Å². The lowest BCUT2D eigenvalue weighted by Gasteiger charge is -2.19. The Morgan fingerprint density at radius 3 is 2.87 bits per heavy atom. The lowest BCUT2D eigenvalue weighted by Crippen LogP contribution is -2.19. The number of halogens is 1. The number of aldehydes is 1. The number of nitrogens with zero attached hydrogens (tertiary/aromatic N) is 1. The summed E-state index contributed by atoms with van der Waals surface area (Å²) in [5, 5.41) is 0. The van der Waals surface area contributed by atoms with Gasteiger partial charge in [-0.3, -0.25) is 4.79 Å². The molecule has 0 unspecified atom stereocenters. The minimum atomic E-state index is 0.729. The maximum absolute atomic E-state index is 11.0. The van der Waals surface area contributed by atoms with E-state index in [-0.39, 0.29) is 0 Å². The monoisotopic (exact) mass is 265 g/mol. The molecule has 1 aromatic rings. The highest BCUT2D eigenvalue weighted by atomic mass is 79.9. The second-order valence-electron chi connectivity index (χ2n) is 3.71. The Labute approximate surface area is 97.7 Å². The van der Waals surface area contributed by atoms with Crippen molar-refractivity contribution in [1.29, 1.82) is 0 Å². The molecule has 1 saturated heterocycles. The van der Waals surface area contributed by atoms with E-state index >= 15 is 0 Å². The van der Waals surface area contributed by atoms with Gasteiger partial charge in [-0.05, 0) is 34.5 Å². The van der Waals surface area contributed by atoms with E-state index in [1.165, 1.54) is 5.57 Å². The van der Waals surface area contributed by atoms with Crippen LogP contribution >= 0.6 is 15.9 Å². The van der Waals surface area contributed by atoms with Gasteiger partial charge in [0.1, 0.15) is 0 Å². The van der Waals surface area contributed by atoms with Crippen LogP contribution in [-0.2, 0) is 0 Å². The Morgan fingerprint density at radius 2 is 2.27 bits per heavy atom. The van der Waals surface area contributed by atoms with Gasteiger partial charge in [0.15, 0.2) is 6.29 Å². The molecule has 0 bridgehead atoms. The average Bonchev–Trinajstić information content (AvgIpc) is 2.64. The van der Waals surface area contributed by atoms with E-state index in [0.29, 0.717) is 0 Å². The van der Waals surface area contributed by atoms with Crippen molar-refractivity contribution in [2.45, 2.75) is 6.42 Å². The first-order chi connectivity index (χ1) is 7.22. The van der Waals surface area contributed by atoms with E-state index in [4.69, 9.17) is 0 Å². The lowest BCUT2D eigenvalue weighted by molar-refractivity contribution is 0.112. The van der Waals surface area contributed by atoms with Crippen molar-refractivity contribution in [2.75, 3.05) is 18.0 Å². The van der Waals surface area contributed by atoms with Crippen LogP contribution in [0.4, 0.5) is 5.69 Å². The van der Waals surface area contributed by atoms with Gasteiger partial charge in [-0.1, -0.05) is 18.2 Å². The van der Waals surface area contributed by atoms with Crippen LogP contribution in [0.1, 0.15) is 16.8 Å². The van der Waals surface area contributed by atoms with E-state index in [9.17, 15) is 4.79 Å². The number of benzene rings is 1. The number of hydrogen-bond acceptors (Lipinski definition) is 2. The first-order valence-electron chi connectivity index (χ1n) is 4.87. The van der Waals surface area contributed by atoms with Crippen molar-refractivity contribution >= 4 is 27.9 Å². The van der Waals surface area contributed by atoms with Crippen LogP contribution in [-0.4, -0.2) is 19.4 Å². The summed E-state index contributed by atoms with van der Waals surface area (Å²) in [6.45, 7) is 5.78. The fourth-order valence-corrected chi connectivity index (χ4v) is 2.29. The van der Waals surface area contributed by atoms with Crippen molar-refractivity contribution in [2.24, 2.45) is 0 Å². The summed E-state index contributed by atoms with van der Waals surface area (Å²) < 4.78 is 0.854. The Kier molecular flexibility index (Phi) is 2.91. The van der Waals surface area contributed by atoms with Gasteiger partial charge in [-0.2, -0.15) is 0 Å². The van der Waals surface area contributed by atoms with Gasteiger partial charge in [-0.25, -0.2) is 0 Å². The molecular formula is C12H12BrNO. The maximum Gasteiger partial charge on any atom is 0.153 e. The molecule has 0 atom stereocenters. The molecule has 2 nitrogen and oxygen atoms in total. The van der Waals surface area contributed by atoms with Gasteiger partial charge in [-0.15, -0.1) is 0 Å². The molecule has 1 aliphatic heterocycles. The van der Waals surface area contributed by atoms with Crippen LogP contribution in [0.3, 0.4) is 0 Å². The summed E-state index contributed by atoms with van der Waals surface area (Å²) >= 11 is 3.39. The van der Waals surface area contributed by atoms with Crippen LogP contribution in [0.15, 0.2) is 34.8 Å². The fourth-order valence-electron chi connectivity index (χ4n) is 1.84. The Hall–Kier alpha value is -1.09. The molecule has 2 rings (SSSR count). The summed E-state index contributed by atoms with van der Waals surface area (Å²) in [6.07, 6.45) is 1.92. The number of rotatable bonds is 2. The third kappa shape index (κ3) is 1.97. The summed E-state index contributed by atoms with van der Waals surface area (Å²) in [6, 6.07) is 5.82. The minimum absolute atomic E-state index is 0.729. The van der Waals surface area contributed by atoms with Gasteiger partial charge in [0.25, 0.3) is 0 Å². The van der Waals surface area contributed by atoms with E-state index < -0.39 is 0 Å². The second-order valence-corrected chi connectivity index (χ2v) is 4.57. The Bertz CT molecular complexity index is 414. The van der Waals surface area contributed by atoms with Crippen LogP contribution in [0.25, 0.3) is 0 Å². The molecule has 1 aliphatic rings. The number of anilines is 1. The SMILES string of the molecule is C=C1CCN(c2cccc(Br)c2C=O)C1. The molecule has 0 spiro atoms. The molecule has 0 aromatic heterocycles. The number of carbonyl (C=O) groups is 1. The molecule has 0 N–H and O–H groups in total. The van der Waals surface area contributed by atoms with Crippen LogP contribution in [0.2, 0.25) is 0 Å². The minimum Gasteiger partial charge on any atom is -0.367 e. The maximum atomic E-state index is 11.0. The molecule has 15 heavy (non-hydrogen) atoms. The molecule has 0 saturated carbocycles. The van der Waals surface area contributed by atoms with Crippen LogP contribution in [0.5, 0.6) is 0 Å². The van der Waals surface area contributed by atoms with E-state index in [1.54, 1.807) is 0 Å². The third-order valence-electron chi connectivity index (χ3n) is 2.64. The zero-order valence-electron chi connectivity index (χ0n) is 8.37. The van der Waals surface area contributed by atoms with Crippen molar-refractivity contribution < 1.29 is 4.79 Å². The van der Waals surface area contributed by atoms with Gasteiger partial charge in [0, 0.05) is 23.2 Å². The van der Waals surface area contributed by atoms with E-state index in [1.807, 2.05) is 18.2 Å².